The first-order valence-electron chi connectivity index (χ1n) is 8.08. The van der Waals surface area contributed by atoms with E-state index in [2.05, 4.69) is 32.8 Å². The van der Waals surface area contributed by atoms with Crippen molar-refractivity contribution in [1.82, 2.24) is 9.88 Å². The number of nitrogens with zero attached hydrogens (tertiary/aromatic N) is 3. The van der Waals surface area contributed by atoms with E-state index < -0.39 is 0 Å². The highest BCUT2D eigenvalue weighted by Crippen LogP contribution is 2.42. The van der Waals surface area contributed by atoms with Gasteiger partial charge in [-0.3, -0.25) is 4.90 Å². The van der Waals surface area contributed by atoms with Crippen molar-refractivity contribution in [1.29, 1.82) is 5.26 Å². The normalized spacial score (nSPS) is 26.2. The second kappa shape index (κ2) is 6.52. The molecule has 2 atom stereocenters. The number of rotatable bonds is 5. The van der Waals surface area contributed by atoms with Gasteiger partial charge >= 0.3 is 0 Å². The molecule has 4 rings (SSSR count). The summed E-state index contributed by atoms with van der Waals surface area (Å²) in [7, 11) is 0. The number of aromatic nitrogens is 1. The summed E-state index contributed by atoms with van der Waals surface area (Å²) in [6, 6.07) is 7.76. The topological polar surface area (TPSA) is 58.4 Å². The van der Waals surface area contributed by atoms with Gasteiger partial charge in [-0.25, -0.2) is 4.98 Å². The van der Waals surface area contributed by atoms with Crippen LogP contribution in [0.1, 0.15) is 11.1 Å². The van der Waals surface area contributed by atoms with Crippen LogP contribution in [0.25, 0.3) is 0 Å². The quantitative estimate of drug-likeness (QED) is 0.836. The minimum Gasteiger partial charge on any atom is -0.477 e. The molecule has 2 aromatic heterocycles. The first kappa shape index (κ1) is 15.6. The Bertz CT molecular complexity index is 726. The highest BCUT2D eigenvalue weighted by atomic mass is 32.1. The van der Waals surface area contributed by atoms with Gasteiger partial charge in [-0.2, -0.15) is 16.6 Å². The molecule has 0 aromatic carbocycles. The highest BCUT2D eigenvalue weighted by Gasteiger charge is 2.51. The Morgan fingerprint density at radius 1 is 1.46 bits per heavy atom. The van der Waals surface area contributed by atoms with E-state index in [0.717, 1.165) is 32.8 Å². The molecule has 0 N–H and O–H groups in total. The first-order valence-corrected chi connectivity index (χ1v) is 9.02. The van der Waals surface area contributed by atoms with Crippen LogP contribution in [0.5, 0.6) is 5.88 Å². The summed E-state index contributed by atoms with van der Waals surface area (Å²) in [5.74, 6) is 1.08. The maximum atomic E-state index is 8.84. The summed E-state index contributed by atoms with van der Waals surface area (Å²) < 4.78 is 11.7. The van der Waals surface area contributed by atoms with Crippen molar-refractivity contribution in [3.63, 3.8) is 0 Å². The number of ether oxygens (including phenoxy) is 2. The minimum atomic E-state index is 0.0472. The number of pyridine rings is 1. The Morgan fingerprint density at radius 2 is 2.42 bits per heavy atom. The van der Waals surface area contributed by atoms with Crippen LogP contribution >= 0.6 is 11.3 Å². The molecule has 0 aliphatic carbocycles. The van der Waals surface area contributed by atoms with Gasteiger partial charge < -0.3 is 9.47 Å². The molecule has 0 bridgehead atoms. The zero-order chi connectivity index (χ0) is 16.4. The second-order valence-corrected chi connectivity index (χ2v) is 7.44. The summed E-state index contributed by atoms with van der Waals surface area (Å²) in [6.45, 7) is 5.20. The Labute approximate surface area is 145 Å². The van der Waals surface area contributed by atoms with Crippen molar-refractivity contribution in [2.75, 3.05) is 32.9 Å². The number of hydrogen-bond acceptors (Lipinski definition) is 6. The van der Waals surface area contributed by atoms with E-state index in [-0.39, 0.29) is 5.41 Å². The van der Waals surface area contributed by atoms with E-state index >= 15 is 0 Å². The van der Waals surface area contributed by atoms with Gasteiger partial charge in [0.15, 0.2) is 0 Å². The molecule has 0 spiro atoms. The Kier molecular flexibility index (Phi) is 4.23. The molecule has 2 fully saturated rings. The molecule has 0 radical (unpaired) electrons. The van der Waals surface area contributed by atoms with Gasteiger partial charge in [0.05, 0.1) is 25.4 Å². The van der Waals surface area contributed by atoms with Crippen LogP contribution in [-0.2, 0) is 11.3 Å². The second-order valence-electron chi connectivity index (χ2n) is 6.66. The predicted octanol–water partition coefficient (Wildman–Crippen LogP) is 2.54. The van der Waals surface area contributed by atoms with Crippen molar-refractivity contribution >= 4 is 11.3 Å². The molecular weight excluding hydrogens is 322 g/mol. The lowest BCUT2D eigenvalue weighted by Gasteiger charge is -2.27. The molecule has 4 heterocycles. The van der Waals surface area contributed by atoms with Crippen LogP contribution in [0.15, 0.2) is 35.2 Å². The predicted molar refractivity (Wildman–Crippen MR) is 90.8 cm³/mol. The van der Waals surface area contributed by atoms with Crippen LogP contribution in [0.4, 0.5) is 0 Å². The largest absolute Gasteiger partial charge is 0.477 e. The SMILES string of the molecule is N#Cc1ccc(OC[C@@]23COC[C@@H]2CN(Cc2ccsc2)C3)nc1. The summed E-state index contributed by atoms with van der Waals surface area (Å²) >= 11 is 1.75. The number of likely N-dealkylation sites (tertiary alicyclic amines) is 1. The zero-order valence-electron chi connectivity index (χ0n) is 13.4. The number of nitriles is 1. The van der Waals surface area contributed by atoms with E-state index in [9.17, 15) is 0 Å². The fourth-order valence-corrected chi connectivity index (χ4v) is 4.32. The van der Waals surface area contributed by atoms with Gasteiger partial charge in [-0.05, 0) is 28.5 Å². The van der Waals surface area contributed by atoms with Gasteiger partial charge in [0.2, 0.25) is 5.88 Å². The third kappa shape index (κ3) is 3.03. The van der Waals surface area contributed by atoms with Crippen LogP contribution in [0, 0.1) is 22.7 Å². The summed E-state index contributed by atoms with van der Waals surface area (Å²) in [5, 5.41) is 13.2. The Balaban J connectivity index is 1.41. The molecule has 2 aliphatic rings. The minimum absolute atomic E-state index is 0.0472. The van der Waals surface area contributed by atoms with E-state index in [4.69, 9.17) is 14.7 Å². The summed E-state index contributed by atoms with van der Waals surface area (Å²) in [6.07, 6.45) is 1.55. The average Bonchev–Trinajstić information content (AvgIpc) is 3.30. The van der Waals surface area contributed by atoms with Gasteiger partial charge in [-0.1, -0.05) is 0 Å². The summed E-state index contributed by atoms with van der Waals surface area (Å²) in [4.78, 5) is 6.71. The van der Waals surface area contributed by atoms with Crippen LogP contribution < -0.4 is 4.74 Å². The number of hydrogen-bond donors (Lipinski definition) is 0. The first-order chi connectivity index (χ1) is 11.8. The third-order valence-electron chi connectivity index (χ3n) is 4.95. The van der Waals surface area contributed by atoms with E-state index in [1.165, 1.54) is 5.56 Å². The fourth-order valence-electron chi connectivity index (χ4n) is 3.66. The van der Waals surface area contributed by atoms with Gasteiger partial charge in [0.1, 0.15) is 6.07 Å². The molecule has 124 valence electrons. The lowest BCUT2D eigenvalue weighted by Crippen LogP contribution is -2.37. The van der Waals surface area contributed by atoms with Crippen molar-refractivity contribution < 1.29 is 9.47 Å². The third-order valence-corrected chi connectivity index (χ3v) is 5.68. The lowest BCUT2D eigenvalue weighted by molar-refractivity contribution is 0.0882. The lowest BCUT2D eigenvalue weighted by atomic mass is 9.82. The average molecular weight is 341 g/mol. The van der Waals surface area contributed by atoms with Gasteiger partial charge in [-0.15, -0.1) is 0 Å². The number of thiophene rings is 1. The monoisotopic (exact) mass is 341 g/mol. The molecule has 2 aliphatic heterocycles. The summed E-state index contributed by atoms with van der Waals surface area (Å²) in [5.41, 5.74) is 1.97. The van der Waals surface area contributed by atoms with Gasteiger partial charge in [0, 0.05) is 43.2 Å². The maximum Gasteiger partial charge on any atom is 0.213 e. The van der Waals surface area contributed by atoms with Crippen LogP contribution in [0.2, 0.25) is 0 Å². The molecule has 24 heavy (non-hydrogen) atoms. The fraction of sp³-hybridized carbons (Fsp3) is 0.444. The smallest absolute Gasteiger partial charge is 0.213 e. The van der Waals surface area contributed by atoms with Crippen molar-refractivity contribution in [2.24, 2.45) is 11.3 Å². The molecule has 6 heteroatoms. The van der Waals surface area contributed by atoms with Crippen molar-refractivity contribution in [3.05, 3.63) is 46.3 Å². The highest BCUT2D eigenvalue weighted by molar-refractivity contribution is 7.07. The number of fused-ring (bicyclic) bond motifs is 1. The van der Waals surface area contributed by atoms with Crippen LogP contribution in [0.3, 0.4) is 0 Å². The zero-order valence-corrected chi connectivity index (χ0v) is 14.2. The van der Waals surface area contributed by atoms with E-state index in [1.807, 2.05) is 0 Å². The molecule has 0 saturated carbocycles. The maximum absolute atomic E-state index is 8.84. The van der Waals surface area contributed by atoms with Gasteiger partial charge in [0.25, 0.3) is 0 Å². The molecular formula is C18H19N3O2S. The Morgan fingerprint density at radius 3 is 3.17 bits per heavy atom. The molecule has 2 saturated heterocycles. The molecule has 0 amide bonds. The van der Waals surface area contributed by atoms with Crippen molar-refractivity contribution in [3.8, 4) is 11.9 Å². The Hall–Kier alpha value is -1.94. The molecule has 2 aromatic rings. The molecule has 5 nitrogen and oxygen atoms in total. The van der Waals surface area contributed by atoms with Crippen molar-refractivity contribution in [2.45, 2.75) is 6.54 Å². The standard InChI is InChI=1S/C18H19N3O2S/c19-5-14-1-2-17(20-6-14)23-13-18-11-21(7-15-3-4-24-10-15)8-16(18)9-22-12-18/h1-4,6,10,16H,7-9,11-13H2/t16-,18+/m0/s1. The van der Waals surface area contributed by atoms with E-state index in [0.29, 0.717) is 24.0 Å². The molecule has 0 unspecified atom stereocenters. The van der Waals surface area contributed by atoms with E-state index in [1.54, 1.807) is 29.7 Å². The van der Waals surface area contributed by atoms with Crippen LogP contribution in [-0.4, -0.2) is 42.8 Å².